The van der Waals surface area contributed by atoms with E-state index in [4.69, 9.17) is 4.74 Å². The fourth-order valence-electron chi connectivity index (χ4n) is 4.00. The molecule has 1 aliphatic carbocycles. The summed E-state index contributed by atoms with van der Waals surface area (Å²) in [5.41, 5.74) is 0. The molecule has 0 radical (unpaired) electrons. The monoisotopic (exact) mass is 324 g/mol. The van der Waals surface area contributed by atoms with Crippen molar-refractivity contribution in [2.75, 3.05) is 53.9 Å². The smallest absolute Gasteiger partial charge is 0.193 e. The molecule has 1 heterocycles. The summed E-state index contributed by atoms with van der Waals surface area (Å²) < 4.78 is 5.88. The van der Waals surface area contributed by atoms with Crippen LogP contribution in [0.4, 0.5) is 0 Å². The van der Waals surface area contributed by atoms with E-state index in [1.807, 2.05) is 7.05 Å². The summed E-state index contributed by atoms with van der Waals surface area (Å²) >= 11 is 0. The Morgan fingerprint density at radius 2 is 1.91 bits per heavy atom. The first-order chi connectivity index (χ1) is 11.1. The number of hydrogen-bond acceptors (Lipinski definition) is 3. The molecule has 1 N–H and O–H groups in total. The molecule has 134 valence electrons. The van der Waals surface area contributed by atoms with Gasteiger partial charge < -0.3 is 19.9 Å². The molecule has 0 spiro atoms. The highest BCUT2D eigenvalue weighted by Gasteiger charge is 2.35. The Kier molecular flexibility index (Phi) is 7.63. The van der Waals surface area contributed by atoms with Gasteiger partial charge in [0.1, 0.15) is 0 Å². The summed E-state index contributed by atoms with van der Waals surface area (Å²) in [6, 6.07) is 0. The second kappa shape index (κ2) is 9.48. The predicted octanol–water partition coefficient (Wildman–Crippen LogP) is 2.04. The molecule has 0 amide bonds. The van der Waals surface area contributed by atoms with Crippen molar-refractivity contribution >= 4 is 5.96 Å². The molecule has 5 nitrogen and oxygen atoms in total. The van der Waals surface area contributed by atoms with Gasteiger partial charge in [-0.05, 0) is 52.1 Å². The van der Waals surface area contributed by atoms with Gasteiger partial charge >= 0.3 is 0 Å². The lowest BCUT2D eigenvalue weighted by Crippen LogP contribution is -2.44. The van der Waals surface area contributed by atoms with E-state index in [1.54, 1.807) is 0 Å². The van der Waals surface area contributed by atoms with Crippen LogP contribution in [0.25, 0.3) is 0 Å². The first-order valence-electron chi connectivity index (χ1n) is 9.36. The number of guanidine groups is 1. The highest BCUT2D eigenvalue weighted by atomic mass is 16.5. The minimum absolute atomic E-state index is 0.254. The summed E-state index contributed by atoms with van der Waals surface area (Å²) in [6.45, 7) is 7.11. The third-order valence-electron chi connectivity index (χ3n) is 5.28. The third-order valence-corrected chi connectivity index (χ3v) is 5.28. The second-order valence-corrected chi connectivity index (χ2v) is 7.31. The van der Waals surface area contributed by atoms with Crippen LogP contribution in [0.5, 0.6) is 0 Å². The normalized spacial score (nSPS) is 26.5. The molecule has 2 rings (SSSR count). The van der Waals surface area contributed by atoms with Crippen molar-refractivity contribution < 1.29 is 4.74 Å². The van der Waals surface area contributed by atoms with Crippen molar-refractivity contribution in [3.05, 3.63) is 0 Å². The van der Waals surface area contributed by atoms with Gasteiger partial charge in [0.15, 0.2) is 5.96 Å². The fraction of sp³-hybridized carbons (Fsp3) is 0.944. The van der Waals surface area contributed by atoms with Gasteiger partial charge in [0.2, 0.25) is 0 Å². The van der Waals surface area contributed by atoms with Crippen LogP contribution >= 0.6 is 0 Å². The van der Waals surface area contributed by atoms with Gasteiger partial charge in [-0.3, -0.25) is 4.99 Å². The maximum absolute atomic E-state index is 5.88. The zero-order valence-electron chi connectivity index (χ0n) is 15.6. The molecule has 0 aromatic heterocycles. The van der Waals surface area contributed by atoms with E-state index in [2.05, 4.69) is 41.1 Å². The van der Waals surface area contributed by atoms with Gasteiger partial charge in [-0.25, -0.2) is 0 Å². The maximum atomic E-state index is 5.88. The Labute approximate surface area is 142 Å². The molecule has 23 heavy (non-hydrogen) atoms. The standard InChI is InChI=1S/C18H36N4O/c1-5-23-17(10-11-21(3)4)12-20-18(19-2)22-13-15-8-6-7-9-16(15)14-22/h15-17H,5-14H2,1-4H3,(H,19,20). The second-order valence-electron chi connectivity index (χ2n) is 7.31. The summed E-state index contributed by atoms with van der Waals surface area (Å²) in [4.78, 5) is 9.20. The number of nitrogens with zero attached hydrogens (tertiary/aromatic N) is 3. The van der Waals surface area contributed by atoms with E-state index < -0.39 is 0 Å². The Hall–Kier alpha value is -0.810. The molecule has 2 aliphatic rings. The zero-order valence-corrected chi connectivity index (χ0v) is 15.6. The predicted molar refractivity (Wildman–Crippen MR) is 97.0 cm³/mol. The minimum Gasteiger partial charge on any atom is -0.377 e. The number of hydrogen-bond donors (Lipinski definition) is 1. The molecule has 3 unspecified atom stereocenters. The fourth-order valence-corrected chi connectivity index (χ4v) is 4.00. The Bertz CT molecular complexity index is 358. The number of nitrogens with one attached hydrogen (secondary N) is 1. The number of fused-ring (bicyclic) bond motifs is 1. The molecule has 0 aromatic rings. The van der Waals surface area contributed by atoms with Crippen molar-refractivity contribution in [2.45, 2.75) is 45.1 Å². The zero-order chi connectivity index (χ0) is 16.7. The summed E-state index contributed by atoms with van der Waals surface area (Å²) in [6.07, 6.45) is 6.95. The van der Waals surface area contributed by atoms with Crippen molar-refractivity contribution in [2.24, 2.45) is 16.8 Å². The van der Waals surface area contributed by atoms with Gasteiger partial charge in [0.05, 0.1) is 6.10 Å². The first kappa shape index (κ1) is 18.5. The van der Waals surface area contributed by atoms with Gasteiger partial charge in [-0.15, -0.1) is 0 Å². The molecular formula is C18H36N4O. The van der Waals surface area contributed by atoms with Crippen molar-refractivity contribution in [3.8, 4) is 0 Å². The van der Waals surface area contributed by atoms with E-state index in [9.17, 15) is 0 Å². The molecule has 0 bridgehead atoms. The summed E-state index contributed by atoms with van der Waals surface area (Å²) in [7, 11) is 6.13. The highest BCUT2D eigenvalue weighted by Crippen LogP contribution is 2.35. The highest BCUT2D eigenvalue weighted by molar-refractivity contribution is 5.80. The SMILES string of the molecule is CCOC(CCN(C)C)CNC(=NC)N1CC2CCCCC2C1. The van der Waals surface area contributed by atoms with Crippen LogP contribution in [0.3, 0.4) is 0 Å². The van der Waals surface area contributed by atoms with E-state index >= 15 is 0 Å². The lowest BCUT2D eigenvalue weighted by atomic mass is 9.82. The third kappa shape index (κ3) is 5.64. The number of likely N-dealkylation sites (tertiary alicyclic amines) is 1. The van der Waals surface area contributed by atoms with Crippen molar-refractivity contribution in [3.63, 3.8) is 0 Å². The quantitative estimate of drug-likeness (QED) is 0.575. The van der Waals surface area contributed by atoms with E-state index in [0.29, 0.717) is 0 Å². The Balaban J connectivity index is 1.81. The molecule has 3 atom stereocenters. The average molecular weight is 325 g/mol. The van der Waals surface area contributed by atoms with Crippen LogP contribution in [0, 0.1) is 11.8 Å². The van der Waals surface area contributed by atoms with Crippen LogP contribution in [0.2, 0.25) is 0 Å². The first-order valence-corrected chi connectivity index (χ1v) is 9.36. The van der Waals surface area contributed by atoms with Gasteiger partial charge in [0, 0.05) is 39.8 Å². The van der Waals surface area contributed by atoms with Crippen LogP contribution in [-0.2, 0) is 4.74 Å². The molecule has 0 aromatic carbocycles. The lowest BCUT2D eigenvalue weighted by Gasteiger charge is -2.25. The molecule has 5 heteroatoms. The van der Waals surface area contributed by atoms with Crippen molar-refractivity contribution in [1.29, 1.82) is 0 Å². The Morgan fingerprint density at radius 1 is 1.26 bits per heavy atom. The Morgan fingerprint density at radius 3 is 2.43 bits per heavy atom. The maximum Gasteiger partial charge on any atom is 0.193 e. The molecule has 2 fully saturated rings. The van der Waals surface area contributed by atoms with Gasteiger partial charge in [0.25, 0.3) is 0 Å². The number of aliphatic imine (C=N–C) groups is 1. The van der Waals surface area contributed by atoms with E-state index in [0.717, 1.165) is 43.9 Å². The van der Waals surface area contributed by atoms with Crippen LogP contribution in [0.15, 0.2) is 4.99 Å². The average Bonchev–Trinajstić information content (AvgIpc) is 2.96. The van der Waals surface area contributed by atoms with Crippen molar-refractivity contribution in [1.82, 2.24) is 15.1 Å². The number of ether oxygens (including phenoxy) is 1. The summed E-state index contributed by atoms with van der Waals surface area (Å²) in [5.74, 6) is 2.84. The molecule has 1 saturated carbocycles. The molecule has 1 saturated heterocycles. The van der Waals surface area contributed by atoms with Crippen LogP contribution < -0.4 is 5.32 Å². The van der Waals surface area contributed by atoms with E-state index in [1.165, 1.54) is 38.8 Å². The topological polar surface area (TPSA) is 40.1 Å². The van der Waals surface area contributed by atoms with Gasteiger partial charge in [-0.1, -0.05) is 12.8 Å². The van der Waals surface area contributed by atoms with Crippen LogP contribution in [-0.4, -0.2) is 75.8 Å². The number of rotatable bonds is 7. The molecule has 1 aliphatic heterocycles. The van der Waals surface area contributed by atoms with Gasteiger partial charge in [-0.2, -0.15) is 0 Å². The summed E-state index contributed by atoms with van der Waals surface area (Å²) in [5, 5.41) is 3.56. The molecular weight excluding hydrogens is 288 g/mol. The lowest BCUT2D eigenvalue weighted by molar-refractivity contribution is 0.0544. The minimum atomic E-state index is 0.254. The van der Waals surface area contributed by atoms with Crippen LogP contribution in [0.1, 0.15) is 39.0 Å². The largest absolute Gasteiger partial charge is 0.377 e. The van der Waals surface area contributed by atoms with E-state index in [-0.39, 0.29) is 6.10 Å².